The van der Waals surface area contributed by atoms with Gasteiger partial charge in [-0.2, -0.15) is 0 Å². The second kappa shape index (κ2) is 6.80. The molecule has 0 radical (unpaired) electrons. The highest BCUT2D eigenvalue weighted by atomic mass is 35.5. The van der Waals surface area contributed by atoms with Crippen LogP contribution >= 0.6 is 12.4 Å². The molecule has 1 aromatic rings. The summed E-state index contributed by atoms with van der Waals surface area (Å²) in [4.78, 5) is 14.5. The van der Waals surface area contributed by atoms with Crippen LogP contribution in [0.15, 0.2) is 24.3 Å². The predicted molar refractivity (Wildman–Crippen MR) is 88.1 cm³/mol. The van der Waals surface area contributed by atoms with Crippen LogP contribution in [-0.4, -0.2) is 37.0 Å². The van der Waals surface area contributed by atoms with Gasteiger partial charge in [0.1, 0.15) is 0 Å². The van der Waals surface area contributed by atoms with Crippen molar-refractivity contribution in [3.63, 3.8) is 0 Å². The van der Waals surface area contributed by atoms with Crippen molar-refractivity contribution in [1.82, 2.24) is 10.2 Å². The van der Waals surface area contributed by atoms with E-state index in [9.17, 15) is 4.79 Å². The van der Waals surface area contributed by atoms with Crippen LogP contribution in [0.25, 0.3) is 0 Å². The largest absolute Gasteiger partial charge is 0.339 e. The predicted octanol–water partition coefficient (Wildman–Crippen LogP) is 2.89. The molecule has 4 heteroatoms. The first kappa shape index (κ1) is 16.3. The number of rotatable bonds is 2. The summed E-state index contributed by atoms with van der Waals surface area (Å²) in [5.74, 6) is 0.202. The van der Waals surface area contributed by atoms with Crippen molar-refractivity contribution in [3.8, 4) is 0 Å². The molecule has 2 fully saturated rings. The van der Waals surface area contributed by atoms with E-state index in [1.807, 2.05) is 17.0 Å². The number of aryl methyl sites for hydroxylation is 1. The second-order valence-electron chi connectivity index (χ2n) is 6.27. The summed E-state index contributed by atoms with van der Waals surface area (Å²) in [6.07, 6.45) is 4.60. The zero-order chi connectivity index (χ0) is 14.0. The van der Waals surface area contributed by atoms with Crippen LogP contribution in [0.5, 0.6) is 0 Å². The van der Waals surface area contributed by atoms with Crippen LogP contribution in [-0.2, 0) is 6.42 Å². The zero-order valence-corrected chi connectivity index (χ0v) is 13.5. The van der Waals surface area contributed by atoms with Gasteiger partial charge in [-0.25, -0.2) is 0 Å². The number of halogens is 1. The van der Waals surface area contributed by atoms with Crippen molar-refractivity contribution >= 4 is 18.3 Å². The Morgan fingerprint density at radius 1 is 1.19 bits per heavy atom. The second-order valence-corrected chi connectivity index (χ2v) is 6.27. The molecule has 1 N–H and O–H groups in total. The van der Waals surface area contributed by atoms with Crippen molar-refractivity contribution in [2.24, 2.45) is 5.41 Å². The molecule has 2 aliphatic heterocycles. The van der Waals surface area contributed by atoms with Gasteiger partial charge in [-0.15, -0.1) is 12.4 Å². The van der Waals surface area contributed by atoms with Crippen molar-refractivity contribution in [2.45, 2.75) is 32.6 Å². The minimum absolute atomic E-state index is 0. The fourth-order valence-electron chi connectivity index (χ4n) is 3.47. The van der Waals surface area contributed by atoms with Crippen molar-refractivity contribution in [3.05, 3.63) is 35.4 Å². The number of amides is 1. The summed E-state index contributed by atoms with van der Waals surface area (Å²) in [5.41, 5.74) is 2.60. The fraction of sp³-hybridized carbons (Fsp3) is 0.588. The first-order valence-corrected chi connectivity index (χ1v) is 7.81. The SMILES string of the molecule is CCc1ccc(C(=O)N2CCC3(CCNC3)CC2)cc1.Cl. The number of nitrogens with zero attached hydrogens (tertiary/aromatic N) is 1. The summed E-state index contributed by atoms with van der Waals surface area (Å²) < 4.78 is 0. The first-order valence-electron chi connectivity index (χ1n) is 7.81. The molecule has 3 nitrogen and oxygen atoms in total. The van der Waals surface area contributed by atoms with Gasteiger partial charge in [0.25, 0.3) is 5.91 Å². The maximum Gasteiger partial charge on any atom is 0.253 e. The fourth-order valence-corrected chi connectivity index (χ4v) is 3.47. The third-order valence-corrected chi connectivity index (χ3v) is 5.05. The Hall–Kier alpha value is -1.06. The van der Waals surface area contributed by atoms with Crippen LogP contribution in [0.1, 0.15) is 42.1 Å². The van der Waals surface area contributed by atoms with Gasteiger partial charge in [0, 0.05) is 25.2 Å². The molecule has 3 rings (SSSR count). The number of hydrogen-bond donors (Lipinski definition) is 1. The number of benzene rings is 1. The van der Waals surface area contributed by atoms with Crippen LogP contribution in [0, 0.1) is 5.41 Å². The first-order chi connectivity index (χ1) is 9.72. The van der Waals surface area contributed by atoms with Gasteiger partial charge in [0.2, 0.25) is 0 Å². The molecule has 2 aliphatic rings. The molecule has 1 amide bonds. The van der Waals surface area contributed by atoms with Crippen molar-refractivity contribution in [1.29, 1.82) is 0 Å². The topological polar surface area (TPSA) is 32.3 Å². The van der Waals surface area contributed by atoms with Crippen LogP contribution in [0.4, 0.5) is 0 Å². The Morgan fingerprint density at radius 3 is 2.38 bits per heavy atom. The van der Waals surface area contributed by atoms with Gasteiger partial charge >= 0.3 is 0 Å². The van der Waals surface area contributed by atoms with Gasteiger partial charge in [-0.1, -0.05) is 19.1 Å². The Morgan fingerprint density at radius 2 is 1.86 bits per heavy atom. The number of likely N-dealkylation sites (tertiary alicyclic amines) is 1. The number of hydrogen-bond acceptors (Lipinski definition) is 2. The average Bonchev–Trinajstić information content (AvgIpc) is 2.96. The van der Waals surface area contributed by atoms with E-state index >= 15 is 0 Å². The standard InChI is InChI=1S/C17H24N2O.ClH/c1-2-14-3-5-15(6-4-14)16(20)19-11-8-17(9-12-19)7-10-18-13-17;/h3-6,18H,2,7-13H2,1H3;1H. The molecule has 0 aromatic heterocycles. The van der Waals surface area contributed by atoms with Gasteiger partial charge in [-0.3, -0.25) is 4.79 Å². The number of carbonyl (C=O) groups is 1. The monoisotopic (exact) mass is 308 g/mol. The highest BCUT2D eigenvalue weighted by Crippen LogP contribution is 2.37. The molecule has 0 atom stereocenters. The third kappa shape index (κ3) is 3.41. The molecule has 2 saturated heterocycles. The van der Waals surface area contributed by atoms with E-state index in [0.717, 1.165) is 51.0 Å². The van der Waals surface area contributed by atoms with E-state index < -0.39 is 0 Å². The van der Waals surface area contributed by atoms with Gasteiger partial charge in [0.05, 0.1) is 0 Å². The molecule has 2 heterocycles. The Labute approximate surface area is 133 Å². The third-order valence-electron chi connectivity index (χ3n) is 5.05. The summed E-state index contributed by atoms with van der Waals surface area (Å²) in [6.45, 7) is 6.25. The lowest BCUT2D eigenvalue weighted by Gasteiger charge is -2.38. The lowest BCUT2D eigenvalue weighted by molar-refractivity contribution is 0.0607. The van der Waals surface area contributed by atoms with Gasteiger partial charge < -0.3 is 10.2 Å². The summed E-state index contributed by atoms with van der Waals surface area (Å²) in [5, 5.41) is 3.47. The van der Waals surface area contributed by atoms with E-state index in [-0.39, 0.29) is 18.3 Å². The molecule has 21 heavy (non-hydrogen) atoms. The molecule has 1 spiro atoms. The Kier molecular flexibility index (Phi) is 5.28. The normalized spacial score (nSPS) is 20.3. The molecule has 0 unspecified atom stereocenters. The van der Waals surface area contributed by atoms with Crippen molar-refractivity contribution < 1.29 is 4.79 Å². The van der Waals surface area contributed by atoms with E-state index in [1.54, 1.807) is 0 Å². The summed E-state index contributed by atoms with van der Waals surface area (Å²) in [6, 6.07) is 8.09. The van der Waals surface area contributed by atoms with Crippen LogP contribution in [0.2, 0.25) is 0 Å². The van der Waals surface area contributed by atoms with Crippen molar-refractivity contribution in [2.75, 3.05) is 26.2 Å². The maximum absolute atomic E-state index is 12.5. The molecule has 1 aromatic carbocycles. The molecular formula is C17H25ClN2O. The minimum atomic E-state index is 0. The quantitative estimate of drug-likeness (QED) is 0.911. The smallest absolute Gasteiger partial charge is 0.253 e. The Balaban J connectivity index is 0.00000161. The molecule has 0 aliphatic carbocycles. The highest BCUT2D eigenvalue weighted by Gasteiger charge is 2.38. The number of carbonyl (C=O) groups excluding carboxylic acids is 1. The zero-order valence-electron chi connectivity index (χ0n) is 12.7. The molecule has 116 valence electrons. The van der Waals surface area contributed by atoms with E-state index in [1.165, 1.54) is 12.0 Å². The van der Waals surface area contributed by atoms with Crippen LogP contribution in [0.3, 0.4) is 0 Å². The van der Waals surface area contributed by atoms with Gasteiger partial charge in [-0.05, 0) is 55.3 Å². The lowest BCUT2D eigenvalue weighted by Crippen LogP contribution is -2.44. The molecule has 0 bridgehead atoms. The number of piperidine rings is 1. The van der Waals surface area contributed by atoms with E-state index in [0.29, 0.717) is 5.41 Å². The van der Waals surface area contributed by atoms with Gasteiger partial charge in [0.15, 0.2) is 0 Å². The molecule has 0 saturated carbocycles. The maximum atomic E-state index is 12.5. The van der Waals surface area contributed by atoms with E-state index in [4.69, 9.17) is 0 Å². The van der Waals surface area contributed by atoms with Crippen LogP contribution < -0.4 is 5.32 Å². The minimum Gasteiger partial charge on any atom is -0.339 e. The summed E-state index contributed by atoms with van der Waals surface area (Å²) in [7, 11) is 0. The lowest BCUT2D eigenvalue weighted by atomic mass is 9.78. The average molecular weight is 309 g/mol. The highest BCUT2D eigenvalue weighted by molar-refractivity contribution is 5.94. The summed E-state index contributed by atoms with van der Waals surface area (Å²) >= 11 is 0. The van der Waals surface area contributed by atoms with E-state index in [2.05, 4.69) is 24.4 Å². The Bertz CT molecular complexity index is 470. The number of nitrogens with one attached hydrogen (secondary N) is 1. The molecular weight excluding hydrogens is 284 g/mol.